The molecule has 8 unspecified atom stereocenters. The summed E-state index contributed by atoms with van der Waals surface area (Å²) in [6.07, 6.45) is 22.8. The number of hydrogen-bond donors (Lipinski definition) is 0. The molecule has 0 bridgehead atoms. The number of allylic oxidation sites excluding steroid dienone is 1. The first-order valence-corrected chi connectivity index (χ1v) is 17.5. The van der Waals surface area contributed by atoms with Crippen molar-refractivity contribution >= 4 is 11.6 Å². The number of hydrogen-bond acceptors (Lipinski definition) is 2. The van der Waals surface area contributed by atoms with Crippen LogP contribution in [0.15, 0.2) is 11.6 Å². The van der Waals surface area contributed by atoms with Gasteiger partial charge in [-0.2, -0.15) is 0 Å². The Morgan fingerprint density at radius 1 is 0.974 bits per heavy atom. The zero-order valence-corrected chi connectivity index (χ0v) is 27.1. The predicted molar refractivity (Wildman–Crippen MR) is 165 cm³/mol. The van der Waals surface area contributed by atoms with Crippen molar-refractivity contribution in [3.05, 3.63) is 11.6 Å². The van der Waals surface area contributed by atoms with Crippen LogP contribution in [-0.4, -0.2) is 24.9 Å². The van der Waals surface area contributed by atoms with Crippen LogP contribution in [-0.2, 0) is 9.47 Å². The molecule has 2 nitrogen and oxygen atoms in total. The van der Waals surface area contributed by atoms with Crippen molar-refractivity contribution in [2.24, 2.45) is 40.4 Å². The highest BCUT2D eigenvalue weighted by atomic mass is 35.5. The van der Waals surface area contributed by atoms with Crippen LogP contribution in [0.1, 0.15) is 145 Å². The van der Waals surface area contributed by atoms with E-state index in [1.807, 2.05) is 27.7 Å². The Morgan fingerprint density at radius 2 is 1.76 bits per heavy atom. The van der Waals surface area contributed by atoms with Gasteiger partial charge in [-0.3, -0.25) is 0 Å². The van der Waals surface area contributed by atoms with E-state index in [1.54, 1.807) is 5.57 Å². The fraction of sp³-hybridized carbons (Fsp3) is 0.943. The number of halogens is 1. The highest BCUT2D eigenvalue weighted by molar-refractivity contribution is 6.18. The van der Waals surface area contributed by atoms with Crippen molar-refractivity contribution < 1.29 is 9.47 Å². The van der Waals surface area contributed by atoms with Gasteiger partial charge < -0.3 is 9.47 Å². The van der Waals surface area contributed by atoms with Crippen LogP contribution < -0.4 is 0 Å². The van der Waals surface area contributed by atoms with Crippen molar-refractivity contribution in [1.29, 1.82) is 0 Å². The molecule has 0 aromatic carbocycles. The smallest absolute Gasteiger partial charge is 0.157 e. The van der Waals surface area contributed by atoms with Gasteiger partial charge in [0, 0.05) is 17.9 Å². The summed E-state index contributed by atoms with van der Waals surface area (Å²) in [6, 6.07) is 0. The minimum atomic E-state index is 0.0329. The quantitative estimate of drug-likeness (QED) is 0.170. The maximum absolute atomic E-state index is 6.91. The van der Waals surface area contributed by atoms with Gasteiger partial charge in [0.15, 0.2) is 6.29 Å². The molecule has 1 saturated heterocycles. The van der Waals surface area contributed by atoms with E-state index in [4.69, 9.17) is 21.1 Å². The second-order valence-electron chi connectivity index (χ2n) is 13.4. The lowest BCUT2D eigenvalue weighted by molar-refractivity contribution is -0.195. The van der Waals surface area contributed by atoms with E-state index in [9.17, 15) is 0 Å². The molecule has 0 aromatic heterocycles. The third kappa shape index (κ3) is 6.87. The van der Waals surface area contributed by atoms with Crippen LogP contribution in [0.4, 0.5) is 0 Å². The van der Waals surface area contributed by atoms with Crippen LogP contribution in [0.25, 0.3) is 0 Å². The van der Waals surface area contributed by atoms with E-state index in [0.29, 0.717) is 11.5 Å². The van der Waals surface area contributed by atoms with Crippen LogP contribution in [0.2, 0.25) is 0 Å². The number of alkyl halides is 1. The first-order chi connectivity index (χ1) is 18.5. The van der Waals surface area contributed by atoms with Gasteiger partial charge in [-0.15, -0.1) is 11.6 Å². The lowest BCUT2D eigenvalue weighted by Gasteiger charge is -2.59. The van der Waals surface area contributed by atoms with Crippen LogP contribution in [0.5, 0.6) is 0 Å². The topological polar surface area (TPSA) is 18.5 Å². The summed E-state index contributed by atoms with van der Waals surface area (Å²) < 4.78 is 12.4. The van der Waals surface area contributed by atoms with Crippen molar-refractivity contribution in [2.45, 2.75) is 157 Å². The Morgan fingerprint density at radius 3 is 2.45 bits per heavy atom. The summed E-state index contributed by atoms with van der Waals surface area (Å²) >= 11 is 6.91. The SMILES string of the molecule is CC.CC.CC(C)CCCCC1CCC2C3CC=C4CC(OC5CCCCO5)CCC4(CCl)C3CCC12C. The minimum Gasteiger partial charge on any atom is -0.353 e. The zero-order valence-electron chi connectivity index (χ0n) is 26.3. The van der Waals surface area contributed by atoms with Crippen molar-refractivity contribution in [2.75, 3.05) is 12.5 Å². The molecule has 1 heterocycles. The van der Waals surface area contributed by atoms with Crippen molar-refractivity contribution in [1.82, 2.24) is 0 Å². The molecule has 1 aliphatic heterocycles. The maximum atomic E-state index is 6.91. The largest absolute Gasteiger partial charge is 0.353 e. The number of fused-ring (bicyclic) bond motifs is 5. The molecule has 4 aliphatic carbocycles. The van der Waals surface area contributed by atoms with Gasteiger partial charge in [-0.25, -0.2) is 0 Å². The molecule has 222 valence electrons. The average Bonchev–Trinajstić information content (AvgIpc) is 3.29. The monoisotopic (exact) mass is 550 g/mol. The Balaban J connectivity index is 0.000000956. The maximum Gasteiger partial charge on any atom is 0.157 e. The Kier molecular flexibility index (Phi) is 13.0. The molecule has 5 rings (SSSR count). The van der Waals surface area contributed by atoms with Gasteiger partial charge in [-0.1, -0.05) is 79.4 Å². The average molecular weight is 551 g/mol. The van der Waals surface area contributed by atoms with Crippen molar-refractivity contribution in [3.8, 4) is 0 Å². The van der Waals surface area contributed by atoms with Crippen LogP contribution >= 0.6 is 11.6 Å². The molecule has 4 fully saturated rings. The van der Waals surface area contributed by atoms with E-state index < -0.39 is 0 Å². The van der Waals surface area contributed by atoms with Gasteiger partial charge in [0.2, 0.25) is 0 Å². The van der Waals surface area contributed by atoms with Gasteiger partial charge in [0.05, 0.1) is 6.10 Å². The first kappa shape index (κ1) is 32.5. The lowest BCUT2D eigenvalue weighted by Crippen LogP contribution is -2.52. The van der Waals surface area contributed by atoms with Gasteiger partial charge >= 0.3 is 0 Å². The summed E-state index contributed by atoms with van der Waals surface area (Å²) in [6.45, 7) is 16.3. The molecule has 38 heavy (non-hydrogen) atoms. The highest BCUT2D eigenvalue weighted by Crippen LogP contribution is 2.67. The summed E-state index contributed by atoms with van der Waals surface area (Å²) in [4.78, 5) is 0. The third-order valence-electron chi connectivity index (χ3n) is 11.3. The molecule has 0 amide bonds. The predicted octanol–water partition coefficient (Wildman–Crippen LogP) is 11.0. The zero-order chi connectivity index (χ0) is 27.8. The standard InChI is InChI=1S/C31H51ClO2.2C2H6/c1-22(2)8-4-5-9-23-12-14-27-26-13-11-24-20-25(34-29-10-6-7-19-33-29)15-18-31(24,21-32)28(26)16-17-30(23,27)3;2*1-2/h11,22-23,25-29H,4-10,12-21H2,1-3H3;2*1-2H3. The van der Waals surface area contributed by atoms with E-state index in [0.717, 1.165) is 61.3 Å². The lowest BCUT2D eigenvalue weighted by atomic mass is 9.47. The molecular formula is C35H63ClO2. The Labute approximate surface area is 242 Å². The molecule has 5 aliphatic rings. The van der Waals surface area contributed by atoms with Crippen LogP contribution in [0.3, 0.4) is 0 Å². The molecule has 0 radical (unpaired) electrons. The van der Waals surface area contributed by atoms with Gasteiger partial charge in [-0.05, 0) is 112 Å². The number of unbranched alkanes of at least 4 members (excludes halogenated alkanes) is 1. The molecule has 8 atom stereocenters. The molecular weight excluding hydrogens is 488 g/mol. The summed E-state index contributed by atoms with van der Waals surface area (Å²) in [5.41, 5.74) is 2.48. The molecule has 0 spiro atoms. The Bertz CT molecular complexity index is 713. The second kappa shape index (κ2) is 15.3. The molecule has 0 aromatic rings. The number of rotatable bonds is 8. The third-order valence-corrected chi connectivity index (χ3v) is 11.8. The first-order valence-electron chi connectivity index (χ1n) is 17.0. The summed E-state index contributed by atoms with van der Waals surface area (Å²) in [5, 5.41) is 0. The fourth-order valence-electron chi connectivity index (χ4n) is 9.35. The minimum absolute atomic E-state index is 0.0329. The van der Waals surface area contributed by atoms with Gasteiger partial charge in [0.1, 0.15) is 0 Å². The van der Waals surface area contributed by atoms with E-state index in [2.05, 4.69) is 26.8 Å². The van der Waals surface area contributed by atoms with Crippen LogP contribution in [0, 0.1) is 40.4 Å². The second-order valence-corrected chi connectivity index (χ2v) is 13.7. The van der Waals surface area contributed by atoms with E-state index in [1.165, 1.54) is 77.0 Å². The molecule has 0 N–H and O–H groups in total. The fourth-order valence-corrected chi connectivity index (χ4v) is 9.85. The van der Waals surface area contributed by atoms with Crippen molar-refractivity contribution in [3.63, 3.8) is 0 Å². The molecule has 3 heteroatoms. The molecule has 3 saturated carbocycles. The normalized spacial score (nSPS) is 40.0. The summed E-state index contributed by atoms with van der Waals surface area (Å²) in [5.74, 6) is 5.21. The highest BCUT2D eigenvalue weighted by Gasteiger charge is 2.59. The Hall–Kier alpha value is -0.0500. The van der Waals surface area contributed by atoms with Gasteiger partial charge in [0.25, 0.3) is 0 Å². The van der Waals surface area contributed by atoms with E-state index in [-0.39, 0.29) is 11.7 Å². The van der Waals surface area contributed by atoms with E-state index >= 15 is 0 Å². The summed E-state index contributed by atoms with van der Waals surface area (Å²) in [7, 11) is 0. The number of ether oxygens (including phenoxy) is 2.